The quantitative estimate of drug-likeness (QED) is 0.421. The van der Waals surface area contributed by atoms with Crippen molar-refractivity contribution in [3.63, 3.8) is 0 Å². The maximum absolute atomic E-state index is 11.2. The number of aromatic nitrogens is 2. The van der Waals surface area contributed by atoms with Gasteiger partial charge in [-0.3, -0.25) is 4.79 Å². The minimum absolute atomic E-state index is 0.0831. The molecule has 0 saturated heterocycles. The first kappa shape index (κ1) is 9.79. The number of nitrogens with zero attached hydrogens (tertiary/aromatic N) is 1. The van der Waals surface area contributed by atoms with Gasteiger partial charge in [0.25, 0.3) is 5.56 Å². The molecule has 1 rings (SSSR count). The van der Waals surface area contributed by atoms with E-state index in [1.165, 1.54) is 25.1 Å². The van der Waals surface area contributed by atoms with Crippen LogP contribution in [0.4, 0.5) is 0 Å². The highest BCUT2D eigenvalue weighted by Crippen LogP contribution is 2.04. The molecule has 0 radical (unpaired) electrons. The minimum Gasteiger partial charge on any atom is -0.465 e. The molecule has 0 aliphatic carbocycles. The van der Waals surface area contributed by atoms with Gasteiger partial charge in [0, 0.05) is 6.20 Å². The summed E-state index contributed by atoms with van der Waals surface area (Å²) in [6.07, 6.45) is 2.98. The molecule has 5 nitrogen and oxygen atoms in total. The van der Waals surface area contributed by atoms with E-state index < -0.39 is 11.5 Å². The molecule has 1 aromatic heterocycles. The summed E-state index contributed by atoms with van der Waals surface area (Å²) >= 11 is 1.29. The number of hydrogen-bond acceptors (Lipinski definition) is 5. The lowest BCUT2D eigenvalue weighted by Gasteiger charge is -1.98. The summed E-state index contributed by atoms with van der Waals surface area (Å²) in [5.74, 6) is -0.679. The number of H-pyrrole nitrogens is 1. The third-order valence-electron chi connectivity index (χ3n) is 1.37. The highest BCUT2D eigenvalue weighted by Gasteiger charge is 2.10. The van der Waals surface area contributed by atoms with E-state index >= 15 is 0 Å². The topological polar surface area (TPSA) is 72.0 Å². The summed E-state index contributed by atoms with van der Waals surface area (Å²) in [4.78, 5) is 28.4. The largest absolute Gasteiger partial charge is 0.465 e. The molecule has 1 heterocycles. The number of aromatic amines is 1. The van der Waals surface area contributed by atoms with E-state index in [-0.39, 0.29) is 5.56 Å². The van der Waals surface area contributed by atoms with Crippen LogP contribution in [0.5, 0.6) is 0 Å². The normalized spacial score (nSPS) is 9.69. The predicted molar refractivity (Wildman–Crippen MR) is 48.0 cm³/mol. The molecule has 0 unspecified atom stereocenters. The summed E-state index contributed by atoms with van der Waals surface area (Å²) in [6.45, 7) is 0. The average Bonchev–Trinajstić information content (AvgIpc) is 2.16. The lowest BCUT2D eigenvalue weighted by Crippen LogP contribution is -2.19. The van der Waals surface area contributed by atoms with Gasteiger partial charge in [-0.25, -0.2) is 9.78 Å². The molecule has 0 fully saturated rings. The third-order valence-corrected chi connectivity index (χ3v) is 1.97. The van der Waals surface area contributed by atoms with Crippen molar-refractivity contribution in [3.8, 4) is 0 Å². The molecule has 0 aromatic carbocycles. The number of thioether (sulfide) groups is 1. The smallest absolute Gasteiger partial charge is 0.345 e. The van der Waals surface area contributed by atoms with Crippen LogP contribution in [-0.2, 0) is 4.74 Å². The van der Waals surface area contributed by atoms with E-state index in [1.54, 1.807) is 6.26 Å². The van der Waals surface area contributed by atoms with Gasteiger partial charge in [0.05, 0.1) is 7.11 Å². The monoisotopic (exact) mass is 200 g/mol. The van der Waals surface area contributed by atoms with Crippen LogP contribution < -0.4 is 5.56 Å². The van der Waals surface area contributed by atoms with Crippen molar-refractivity contribution >= 4 is 17.7 Å². The second-order valence-corrected chi connectivity index (χ2v) is 2.92. The van der Waals surface area contributed by atoms with Gasteiger partial charge in [-0.2, -0.15) is 0 Å². The number of esters is 1. The molecule has 0 amide bonds. The Labute approximate surface area is 78.5 Å². The zero-order chi connectivity index (χ0) is 9.84. The van der Waals surface area contributed by atoms with Crippen LogP contribution in [0.15, 0.2) is 16.1 Å². The van der Waals surface area contributed by atoms with E-state index in [1.807, 2.05) is 0 Å². The van der Waals surface area contributed by atoms with Crippen molar-refractivity contribution in [3.05, 3.63) is 22.1 Å². The van der Waals surface area contributed by atoms with Gasteiger partial charge in [0.1, 0.15) is 5.56 Å². The highest BCUT2D eigenvalue weighted by atomic mass is 32.2. The molecule has 0 atom stereocenters. The van der Waals surface area contributed by atoms with Gasteiger partial charge in [0.15, 0.2) is 5.16 Å². The first-order valence-corrected chi connectivity index (χ1v) is 4.63. The van der Waals surface area contributed by atoms with E-state index in [0.29, 0.717) is 5.16 Å². The maximum Gasteiger partial charge on any atom is 0.345 e. The third kappa shape index (κ3) is 2.09. The Morgan fingerprint density at radius 3 is 2.85 bits per heavy atom. The van der Waals surface area contributed by atoms with Gasteiger partial charge in [-0.05, 0) is 6.26 Å². The van der Waals surface area contributed by atoms with Crippen LogP contribution in [0.3, 0.4) is 0 Å². The van der Waals surface area contributed by atoms with Crippen molar-refractivity contribution in [1.82, 2.24) is 9.97 Å². The molecule has 70 valence electrons. The van der Waals surface area contributed by atoms with Gasteiger partial charge in [-0.15, -0.1) is 0 Å². The second-order valence-electron chi connectivity index (χ2n) is 2.13. The molecule has 13 heavy (non-hydrogen) atoms. The summed E-state index contributed by atoms with van der Waals surface area (Å²) in [7, 11) is 1.21. The Bertz CT molecular complexity index is 374. The summed E-state index contributed by atoms with van der Waals surface area (Å²) in [6, 6.07) is 0. The number of nitrogens with one attached hydrogen (secondary N) is 1. The lowest BCUT2D eigenvalue weighted by molar-refractivity contribution is 0.0598. The summed E-state index contributed by atoms with van der Waals surface area (Å²) in [5.41, 5.74) is -0.563. The fourth-order valence-electron chi connectivity index (χ4n) is 0.738. The van der Waals surface area contributed by atoms with Gasteiger partial charge in [0.2, 0.25) is 0 Å². The molecule has 0 aliphatic heterocycles. The molecule has 0 aliphatic rings. The zero-order valence-corrected chi connectivity index (χ0v) is 7.97. The average molecular weight is 200 g/mol. The van der Waals surface area contributed by atoms with Crippen molar-refractivity contribution in [2.45, 2.75) is 5.16 Å². The number of methoxy groups -OCH3 is 1. The Kier molecular flexibility index (Phi) is 3.07. The Morgan fingerprint density at radius 2 is 2.38 bits per heavy atom. The van der Waals surface area contributed by atoms with Gasteiger partial charge < -0.3 is 9.72 Å². The van der Waals surface area contributed by atoms with Gasteiger partial charge in [-0.1, -0.05) is 11.8 Å². The molecule has 6 heteroatoms. The molecular formula is C7H8N2O3S. The number of rotatable bonds is 2. The van der Waals surface area contributed by atoms with Crippen molar-refractivity contribution in [2.24, 2.45) is 0 Å². The van der Waals surface area contributed by atoms with Crippen molar-refractivity contribution < 1.29 is 9.53 Å². The predicted octanol–water partition coefficient (Wildman–Crippen LogP) is 0.278. The molecular weight excluding hydrogens is 192 g/mol. The maximum atomic E-state index is 11.2. The van der Waals surface area contributed by atoms with E-state index in [9.17, 15) is 9.59 Å². The standard InChI is InChI=1S/C7H8N2O3S/c1-12-6(11)4-3-8-7(13-2)9-5(4)10/h3H,1-2H3,(H,8,9,10). The first-order valence-electron chi connectivity index (χ1n) is 3.40. The SMILES string of the molecule is COC(=O)c1cnc(SC)[nH]c1=O. The van der Waals surface area contributed by atoms with Crippen LogP contribution in [0.25, 0.3) is 0 Å². The molecule has 0 saturated carbocycles. The summed E-state index contributed by atoms with van der Waals surface area (Å²) < 4.78 is 4.38. The van der Waals surface area contributed by atoms with Gasteiger partial charge >= 0.3 is 5.97 Å². The zero-order valence-electron chi connectivity index (χ0n) is 7.16. The Hall–Kier alpha value is -1.30. The highest BCUT2D eigenvalue weighted by molar-refractivity contribution is 7.98. The molecule has 0 bridgehead atoms. The first-order chi connectivity index (χ1) is 6.19. The minimum atomic E-state index is -0.679. The number of ether oxygens (including phenoxy) is 1. The van der Waals surface area contributed by atoms with E-state index in [4.69, 9.17) is 0 Å². The van der Waals surface area contributed by atoms with E-state index in [2.05, 4.69) is 14.7 Å². The van der Waals surface area contributed by atoms with Crippen LogP contribution >= 0.6 is 11.8 Å². The number of hydrogen-bond donors (Lipinski definition) is 1. The Balaban J connectivity index is 3.13. The second kappa shape index (κ2) is 4.08. The van der Waals surface area contributed by atoms with E-state index in [0.717, 1.165) is 0 Å². The number of carbonyl (C=O) groups excluding carboxylic acids is 1. The fourth-order valence-corrected chi connectivity index (χ4v) is 1.09. The molecule has 1 aromatic rings. The van der Waals surface area contributed by atoms with Crippen LogP contribution in [0.2, 0.25) is 0 Å². The lowest BCUT2D eigenvalue weighted by atomic mass is 10.3. The fraction of sp³-hybridized carbons (Fsp3) is 0.286. The van der Waals surface area contributed by atoms with Crippen LogP contribution in [0.1, 0.15) is 10.4 Å². The summed E-state index contributed by atoms with van der Waals surface area (Å²) in [5, 5.41) is 0.470. The molecule has 1 N–H and O–H groups in total. The van der Waals surface area contributed by atoms with Crippen LogP contribution in [-0.4, -0.2) is 29.3 Å². The van der Waals surface area contributed by atoms with Crippen molar-refractivity contribution in [2.75, 3.05) is 13.4 Å². The molecule has 0 spiro atoms. The van der Waals surface area contributed by atoms with Crippen molar-refractivity contribution in [1.29, 1.82) is 0 Å². The van der Waals surface area contributed by atoms with Crippen LogP contribution in [0, 0.1) is 0 Å². The Morgan fingerprint density at radius 1 is 1.69 bits per heavy atom. The number of carbonyl (C=O) groups is 1.